The van der Waals surface area contributed by atoms with Crippen molar-refractivity contribution in [2.24, 2.45) is 0 Å². The van der Waals surface area contributed by atoms with E-state index < -0.39 is 0 Å². The maximum atomic E-state index is 12.7. The van der Waals surface area contributed by atoms with Gasteiger partial charge in [-0.05, 0) is 55.8 Å². The van der Waals surface area contributed by atoms with E-state index in [0.717, 1.165) is 33.7 Å². The number of aromatic nitrogens is 4. The van der Waals surface area contributed by atoms with E-state index in [-0.39, 0.29) is 5.91 Å². The van der Waals surface area contributed by atoms with E-state index in [1.54, 1.807) is 18.0 Å². The van der Waals surface area contributed by atoms with Crippen molar-refractivity contribution in [2.45, 2.75) is 47.3 Å². The summed E-state index contributed by atoms with van der Waals surface area (Å²) >= 11 is 3.52. The van der Waals surface area contributed by atoms with Crippen LogP contribution in [0.15, 0.2) is 27.2 Å². The minimum Gasteiger partial charge on any atom is -0.454 e. The van der Waals surface area contributed by atoms with Crippen LogP contribution in [-0.4, -0.2) is 37.4 Å². The van der Waals surface area contributed by atoms with Crippen molar-refractivity contribution in [2.75, 3.05) is 7.05 Å². The van der Waals surface area contributed by atoms with Gasteiger partial charge in [-0.15, -0.1) is 0 Å². The van der Waals surface area contributed by atoms with Crippen LogP contribution in [0.1, 0.15) is 45.9 Å². The highest BCUT2D eigenvalue weighted by molar-refractivity contribution is 9.10. The fraction of sp³-hybridized carbons (Fsp3) is 0.421. The lowest BCUT2D eigenvalue weighted by Gasteiger charge is -2.15. The van der Waals surface area contributed by atoms with Gasteiger partial charge in [-0.2, -0.15) is 10.2 Å². The van der Waals surface area contributed by atoms with Gasteiger partial charge in [0.15, 0.2) is 5.76 Å². The minimum atomic E-state index is -0.153. The second kappa shape index (κ2) is 7.72. The Bertz CT molecular complexity index is 969. The Morgan fingerprint density at radius 3 is 2.56 bits per heavy atom. The molecule has 0 aliphatic heterocycles. The van der Waals surface area contributed by atoms with E-state index in [1.165, 1.54) is 0 Å². The molecule has 0 atom stereocenters. The fourth-order valence-corrected chi connectivity index (χ4v) is 3.23. The molecule has 0 unspecified atom stereocenters. The highest BCUT2D eigenvalue weighted by Gasteiger charge is 2.19. The van der Waals surface area contributed by atoms with Gasteiger partial charge in [0.2, 0.25) is 0 Å². The van der Waals surface area contributed by atoms with Crippen molar-refractivity contribution in [1.82, 2.24) is 24.5 Å². The molecule has 0 N–H and O–H groups in total. The third-order valence-corrected chi connectivity index (χ3v) is 5.75. The van der Waals surface area contributed by atoms with Crippen molar-refractivity contribution < 1.29 is 9.21 Å². The molecule has 144 valence electrons. The Morgan fingerprint density at radius 1 is 1.22 bits per heavy atom. The van der Waals surface area contributed by atoms with Gasteiger partial charge in [0.1, 0.15) is 5.76 Å². The van der Waals surface area contributed by atoms with Crippen LogP contribution < -0.4 is 0 Å². The fourth-order valence-electron chi connectivity index (χ4n) is 2.95. The Balaban J connectivity index is 1.70. The smallest absolute Gasteiger partial charge is 0.289 e. The average Bonchev–Trinajstić information content (AvgIpc) is 3.31. The van der Waals surface area contributed by atoms with E-state index in [4.69, 9.17) is 4.42 Å². The van der Waals surface area contributed by atoms with Crippen molar-refractivity contribution in [1.29, 1.82) is 0 Å². The first kappa shape index (κ1) is 19.4. The Kier molecular flexibility index (Phi) is 5.55. The molecular weight excluding hydrogens is 410 g/mol. The number of carbonyl (C=O) groups excluding carboxylic acids is 1. The Labute approximate surface area is 167 Å². The average molecular weight is 434 g/mol. The van der Waals surface area contributed by atoms with Crippen LogP contribution in [0.5, 0.6) is 0 Å². The molecule has 7 nitrogen and oxygen atoms in total. The third-order valence-electron chi connectivity index (χ3n) is 4.60. The number of rotatable bonds is 6. The maximum Gasteiger partial charge on any atom is 0.289 e. The molecule has 0 radical (unpaired) electrons. The molecule has 0 saturated heterocycles. The summed E-state index contributed by atoms with van der Waals surface area (Å²) in [5.41, 5.74) is 3.93. The zero-order chi connectivity index (χ0) is 19.7. The molecule has 3 heterocycles. The second-order valence-corrected chi connectivity index (χ2v) is 7.46. The number of carbonyl (C=O) groups is 1. The molecule has 1 amide bonds. The molecule has 27 heavy (non-hydrogen) atoms. The monoisotopic (exact) mass is 433 g/mol. The number of halogens is 1. The van der Waals surface area contributed by atoms with E-state index in [2.05, 4.69) is 26.1 Å². The first-order valence-corrected chi connectivity index (χ1v) is 9.66. The van der Waals surface area contributed by atoms with Crippen LogP contribution in [-0.2, 0) is 19.6 Å². The molecule has 0 aromatic carbocycles. The summed E-state index contributed by atoms with van der Waals surface area (Å²) < 4.78 is 10.5. The Hall–Kier alpha value is -2.35. The zero-order valence-corrected chi connectivity index (χ0v) is 17.9. The second-order valence-electron chi connectivity index (χ2n) is 6.67. The summed E-state index contributed by atoms with van der Waals surface area (Å²) in [4.78, 5) is 14.3. The SMILES string of the molecule is CCn1cc(CN(C)C(=O)c2ccc(Cn3nc(C)c(Br)c3C)o2)c(C)n1. The van der Waals surface area contributed by atoms with E-state index >= 15 is 0 Å². The van der Waals surface area contributed by atoms with Crippen LogP contribution in [0.3, 0.4) is 0 Å². The molecule has 8 heteroatoms. The lowest BCUT2D eigenvalue weighted by Crippen LogP contribution is -2.26. The highest BCUT2D eigenvalue weighted by atomic mass is 79.9. The summed E-state index contributed by atoms with van der Waals surface area (Å²) in [6, 6.07) is 3.54. The van der Waals surface area contributed by atoms with E-state index in [9.17, 15) is 4.79 Å². The van der Waals surface area contributed by atoms with Crippen LogP contribution in [0.2, 0.25) is 0 Å². The lowest BCUT2D eigenvalue weighted by molar-refractivity contribution is 0.0751. The molecule has 3 aromatic heterocycles. The molecule has 0 spiro atoms. The zero-order valence-electron chi connectivity index (χ0n) is 16.3. The van der Waals surface area contributed by atoms with Crippen LogP contribution in [0, 0.1) is 20.8 Å². The first-order valence-electron chi connectivity index (χ1n) is 8.86. The maximum absolute atomic E-state index is 12.7. The third kappa shape index (κ3) is 4.00. The normalized spacial score (nSPS) is 11.2. The predicted molar refractivity (Wildman–Crippen MR) is 106 cm³/mol. The van der Waals surface area contributed by atoms with Crippen LogP contribution in [0.25, 0.3) is 0 Å². The van der Waals surface area contributed by atoms with Gasteiger partial charge in [-0.1, -0.05) is 0 Å². The van der Waals surface area contributed by atoms with Gasteiger partial charge < -0.3 is 9.32 Å². The van der Waals surface area contributed by atoms with E-state index in [1.807, 2.05) is 49.3 Å². The van der Waals surface area contributed by atoms with Gasteiger partial charge in [-0.3, -0.25) is 14.2 Å². The molecule has 0 aliphatic carbocycles. The molecule has 0 aliphatic rings. The number of hydrogen-bond acceptors (Lipinski definition) is 4. The van der Waals surface area contributed by atoms with Gasteiger partial charge in [-0.25, -0.2) is 0 Å². The number of furan rings is 1. The number of hydrogen-bond donors (Lipinski definition) is 0. The lowest BCUT2D eigenvalue weighted by atomic mass is 10.2. The van der Waals surface area contributed by atoms with Gasteiger partial charge >= 0.3 is 0 Å². The molecule has 3 rings (SSSR count). The number of amides is 1. The van der Waals surface area contributed by atoms with Crippen molar-refractivity contribution in [3.63, 3.8) is 0 Å². The summed E-state index contributed by atoms with van der Waals surface area (Å²) in [5.74, 6) is 0.868. The van der Waals surface area contributed by atoms with Crippen molar-refractivity contribution in [3.8, 4) is 0 Å². The largest absolute Gasteiger partial charge is 0.454 e. The van der Waals surface area contributed by atoms with Crippen molar-refractivity contribution >= 4 is 21.8 Å². The number of aryl methyl sites for hydroxylation is 3. The first-order chi connectivity index (χ1) is 12.8. The van der Waals surface area contributed by atoms with Gasteiger partial charge in [0.25, 0.3) is 5.91 Å². The number of nitrogens with zero attached hydrogens (tertiary/aromatic N) is 5. The quantitative estimate of drug-likeness (QED) is 0.593. The molecule has 0 saturated carbocycles. The summed E-state index contributed by atoms with van der Waals surface area (Å²) in [5, 5.41) is 8.90. The molecule has 3 aromatic rings. The molecule has 0 fully saturated rings. The van der Waals surface area contributed by atoms with Gasteiger partial charge in [0.05, 0.1) is 28.1 Å². The molecule has 0 bridgehead atoms. The summed E-state index contributed by atoms with van der Waals surface area (Å²) in [7, 11) is 1.77. The highest BCUT2D eigenvalue weighted by Crippen LogP contribution is 2.21. The molecular formula is C19H24BrN5O2. The van der Waals surface area contributed by atoms with Crippen LogP contribution in [0.4, 0.5) is 0 Å². The predicted octanol–water partition coefficient (Wildman–Crippen LogP) is 3.70. The Morgan fingerprint density at radius 2 is 1.96 bits per heavy atom. The van der Waals surface area contributed by atoms with Crippen LogP contribution >= 0.6 is 15.9 Å². The van der Waals surface area contributed by atoms with Crippen molar-refractivity contribution in [3.05, 3.63) is 57.0 Å². The van der Waals surface area contributed by atoms with Gasteiger partial charge in [0, 0.05) is 31.9 Å². The topological polar surface area (TPSA) is 69.1 Å². The van der Waals surface area contributed by atoms with E-state index in [0.29, 0.717) is 24.6 Å². The minimum absolute atomic E-state index is 0.153. The summed E-state index contributed by atoms with van der Waals surface area (Å²) in [6.45, 7) is 9.72. The summed E-state index contributed by atoms with van der Waals surface area (Å²) in [6.07, 6.45) is 1.98. The standard InChI is InChI=1S/C19H24BrN5O2/c1-6-24-10-15(12(2)21-24)9-23(5)19(26)17-8-7-16(27-17)11-25-14(4)18(20)13(3)22-25/h7-8,10H,6,9,11H2,1-5H3.